The van der Waals surface area contributed by atoms with Gasteiger partial charge in [-0.05, 0) is 85.8 Å². The molecule has 0 aliphatic rings. The number of aliphatic hydroxyl groups is 2. The highest BCUT2D eigenvalue weighted by molar-refractivity contribution is 5.84. The molecule has 1 unspecified atom stereocenters. The maximum atomic E-state index is 12.2. The van der Waals surface area contributed by atoms with Crippen LogP contribution in [0.2, 0.25) is 0 Å². The third-order valence-corrected chi connectivity index (χ3v) is 7.94. The molecule has 0 aromatic heterocycles. The highest BCUT2D eigenvalue weighted by Gasteiger charge is 2.32. The molecular weight excluding hydrogens is 494 g/mol. The number of benzene rings is 2. The van der Waals surface area contributed by atoms with Gasteiger partial charge in [-0.1, -0.05) is 65.0 Å². The monoisotopic (exact) mass is 541 g/mol. The van der Waals surface area contributed by atoms with Crippen molar-refractivity contribution in [1.82, 2.24) is 5.32 Å². The Morgan fingerprint density at radius 2 is 1.51 bits per heavy atom. The Labute approximate surface area is 233 Å². The second-order valence-corrected chi connectivity index (χ2v) is 11.7. The number of ether oxygens (including phenoxy) is 1. The summed E-state index contributed by atoms with van der Waals surface area (Å²) >= 11 is 0. The third-order valence-electron chi connectivity index (χ3n) is 7.94. The van der Waals surface area contributed by atoms with E-state index in [1.807, 2.05) is 19.1 Å². The molecule has 4 N–H and O–H groups in total. The molecule has 0 spiro atoms. The van der Waals surface area contributed by atoms with Crippen LogP contribution >= 0.6 is 0 Å². The summed E-state index contributed by atoms with van der Waals surface area (Å²) in [7, 11) is 0. The van der Waals surface area contributed by atoms with Crippen LogP contribution in [0.3, 0.4) is 0 Å². The van der Waals surface area contributed by atoms with Gasteiger partial charge in [-0.3, -0.25) is 4.79 Å². The van der Waals surface area contributed by atoms with E-state index in [1.54, 1.807) is 0 Å². The molecule has 0 bridgehead atoms. The Kier molecular flexibility index (Phi) is 11.1. The second kappa shape index (κ2) is 13.4. The molecule has 7 nitrogen and oxygen atoms in total. The SMILES string of the molecule is CCC(CC)(c1ccc(CCC(O)C(C)(C)C)c(C)c1)c1ccc(OCC(=O)N[C@H](C(=O)O)[C@@H](C)O)c(C)c1. The maximum Gasteiger partial charge on any atom is 0.328 e. The van der Waals surface area contributed by atoms with Gasteiger partial charge >= 0.3 is 5.97 Å². The number of carboxylic acid groups (broad SMARTS) is 1. The van der Waals surface area contributed by atoms with Gasteiger partial charge in [0.25, 0.3) is 5.91 Å². The number of hydrogen-bond acceptors (Lipinski definition) is 5. The van der Waals surface area contributed by atoms with Gasteiger partial charge in [-0.2, -0.15) is 0 Å². The molecule has 1 amide bonds. The number of aliphatic hydroxyl groups excluding tert-OH is 2. The van der Waals surface area contributed by atoms with Crippen LogP contribution in [0.25, 0.3) is 0 Å². The zero-order valence-corrected chi connectivity index (χ0v) is 24.8. The van der Waals surface area contributed by atoms with Crippen molar-refractivity contribution in [3.05, 3.63) is 64.2 Å². The number of carbonyl (C=O) groups excluding carboxylic acids is 1. The smallest absolute Gasteiger partial charge is 0.328 e. The summed E-state index contributed by atoms with van der Waals surface area (Å²) in [6, 6.07) is 11.3. The van der Waals surface area contributed by atoms with Crippen molar-refractivity contribution in [2.45, 2.75) is 105 Å². The van der Waals surface area contributed by atoms with Gasteiger partial charge in [0.15, 0.2) is 12.6 Å². The van der Waals surface area contributed by atoms with E-state index in [-0.39, 0.29) is 23.5 Å². The number of amides is 1. The number of nitrogens with one attached hydrogen (secondary N) is 1. The summed E-state index contributed by atoms with van der Waals surface area (Å²) in [5.41, 5.74) is 5.43. The molecule has 0 radical (unpaired) electrons. The van der Waals surface area contributed by atoms with Crippen LogP contribution in [0.5, 0.6) is 5.75 Å². The van der Waals surface area contributed by atoms with Gasteiger partial charge in [0.1, 0.15) is 5.75 Å². The van der Waals surface area contributed by atoms with Crippen LogP contribution in [0, 0.1) is 19.3 Å². The fourth-order valence-corrected chi connectivity index (χ4v) is 5.09. The Morgan fingerprint density at radius 3 is 1.97 bits per heavy atom. The van der Waals surface area contributed by atoms with Gasteiger partial charge in [0.05, 0.1) is 12.2 Å². The first kappa shape index (κ1) is 32.3. The van der Waals surface area contributed by atoms with Gasteiger partial charge in [-0.15, -0.1) is 0 Å². The second-order valence-electron chi connectivity index (χ2n) is 11.7. The number of aryl methyl sites for hydroxylation is 3. The molecule has 2 rings (SSSR count). The topological polar surface area (TPSA) is 116 Å². The van der Waals surface area contributed by atoms with Crippen molar-refractivity contribution < 1.29 is 29.6 Å². The first-order valence-electron chi connectivity index (χ1n) is 13.9. The van der Waals surface area contributed by atoms with E-state index >= 15 is 0 Å². The molecule has 0 saturated heterocycles. The molecule has 0 heterocycles. The maximum absolute atomic E-state index is 12.2. The van der Waals surface area contributed by atoms with Crippen molar-refractivity contribution in [2.24, 2.45) is 5.41 Å². The average Bonchev–Trinajstić information content (AvgIpc) is 2.86. The lowest BCUT2D eigenvalue weighted by molar-refractivity contribution is -0.145. The summed E-state index contributed by atoms with van der Waals surface area (Å²) < 4.78 is 5.70. The highest BCUT2D eigenvalue weighted by atomic mass is 16.5. The fraction of sp³-hybridized carbons (Fsp3) is 0.562. The lowest BCUT2D eigenvalue weighted by Gasteiger charge is -2.34. The lowest BCUT2D eigenvalue weighted by atomic mass is 9.69. The molecule has 2 aromatic rings. The largest absolute Gasteiger partial charge is 0.484 e. The Balaban J connectivity index is 2.23. The lowest BCUT2D eigenvalue weighted by Crippen LogP contribution is -2.49. The van der Waals surface area contributed by atoms with Crippen LogP contribution in [0.15, 0.2) is 36.4 Å². The van der Waals surface area contributed by atoms with E-state index in [0.29, 0.717) is 5.75 Å². The summed E-state index contributed by atoms with van der Waals surface area (Å²) in [6.07, 6.45) is 1.79. The summed E-state index contributed by atoms with van der Waals surface area (Å²) in [4.78, 5) is 23.4. The van der Waals surface area contributed by atoms with Gasteiger partial charge < -0.3 is 25.4 Å². The molecule has 0 aliphatic heterocycles. The quantitative estimate of drug-likeness (QED) is 0.281. The number of hydrogen-bond donors (Lipinski definition) is 4. The van der Waals surface area contributed by atoms with Crippen LogP contribution in [-0.4, -0.2) is 52.1 Å². The number of rotatable bonds is 13. The van der Waals surface area contributed by atoms with E-state index in [2.05, 4.69) is 71.1 Å². The molecule has 0 fully saturated rings. The fourth-order valence-electron chi connectivity index (χ4n) is 5.09. The van der Waals surface area contributed by atoms with Crippen LogP contribution in [0.1, 0.15) is 88.6 Å². The Hall–Kier alpha value is -2.90. The van der Waals surface area contributed by atoms with Gasteiger partial charge in [0, 0.05) is 5.41 Å². The van der Waals surface area contributed by atoms with Crippen molar-refractivity contribution in [1.29, 1.82) is 0 Å². The minimum Gasteiger partial charge on any atom is -0.484 e. The molecule has 216 valence electrons. The number of aliphatic carboxylic acids is 1. The van der Waals surface area contributed by atoms with E-state index < -0.39 is 24.0 Å². The third kappa shape index (κ3) is 8.05. The zero-order valence-electron chi connectivity index (χ0n) is 24.8. The average molecular weight is 542 g/mol. The first-order valence-corrected chi connectivity index (χ1v) is 13.9. The van der Waals surface area contributed by atoms with Gasteiger partial charge in [-0.25, -0.2) is 4.79 Å². The van der Waals surface area contributed by atoms with Crippen LogP contribution < -0.4 is 10.1 Å². The molecule has 0 aliphatic carbocycles. The highest BCUT2D eigenvalue weighted by Crippen LogP contribution is 2.41. The van der Waals surface area contributed by atoms with Crippen molar-refractivity contribution in [2.75, 3.05) is 6.61 Å². The Bertz CT molecular complexity index is 1130. The predicted molar refractivity (Wildman–Crippen MR) is 154 cm³/mol. The zero-order chi connectivity index (χ0) is 29.5. The van der Waals surface area contributed by atoms with E-state index in [9.17, 15) is 19.8 Å². The molecule has 3 atom stereocenters. The molecule has 7 heteroatoms. The van der Waals surface area contributed by atoms with Crippen molar-refractivity contribution in [3.8, 4) is 5.75 Å². The van der Waals surface area contributed by atoms with Crippen molar-refractivity contribution in [3.63, 3.8) is 0 Å². The number of carbonyl (C=O) groups is 2. The van der Waals surface area contributed by atoms with Crippen LogP contribution in [-0.2, 0) is 21.4 Å². The Morgan fingerprint density at radius 1 is 0.949 bits per heavy atom. The first-order chi connectivity index (χ1) is 18.2. The summed E-state index contributed by atoms with van der Waals surface area (Å²) in [5.74, 6) is -1.38. The van der Waals surface area contributed by atoms with E-state index in [0.717, 1.165) is 36.8 Å². The van der Waals surface area contributed by atoms with Gasteiger partial charge in [0.2, 0.25) is 0 Å². The molecule has 39 heavy (non-hydrogen) atoms. The molecule has 0 saturated carbocycles. The minimum atomic E-state index is -1.39. The number of carboxylic acids is 1. The van der Waals surface area contributed by atoms with Crippen molar-refractivity contribution >= 4 is 11.9 Å². The molecular formula is C32H47NO6. The summed E-state index contributed by atoms with van der Waals surface area (Å²) in [5, 5.41) is 31.5. The predicted octanol–water partition coefficient (Wildman–Crippen LogP) is 5.08. The molecule has 2 aromatic carbocycles. The normalized spacial score (nSPS) is 14.4. The van der Waals surface area contributed by atoms with E-state index in [4.69, 9.17) is 9.84 Å². The minimum absolute atomic E-state index is 0.135. The standard InChI is InChI=1S/C32H47NO6/c1-9-32(10-2,24-13-11-23(20(3)17-24)12-16-27(35)31(6,7)8)25-14-15-26(21(4)18-25)39-19-28(36)33-29(22(5)34)30(37)38/h11,13-15,17-18,22,27,29,34-35H,9-10,12,16,19H2,1-8H3,(H,33,36)(H,37,38)/t22-,27?,29+/m1/s1. The van der Waals surface area contributed by atoms with E-state index in [1.165, 1.54) is 23.6 Å². The van der Waals surface area contributed by atoms with Crippen LogP contribution in [0.4, 0.5) is 0 Å². The summed E-state index contributed by atoms with van der Waals surface area (Å²) in [6.45, 7) is 15.6.